The summed E-state index contributed by atoms with van der Waals surface area (Å²) in [5, 5.41) is 2.91. The van der Waals surface area contributed by atoms with Crippen molar-refractivity contribution in [1.82, 2.24) is 4.90 Å². The number of hydrogen-bond donors (Lipinski definition) is 1. The van der Waals surface area contributed by atoms with Crippen molar-refractivity contribution in [2.24, 2.45) is 5.92 Å². The lowest BCUT2D eigenvalue weighted by Crippen LogP contribution is -2.31. The van der Waals surface area contributed by atoms with Gasteiger partial charge in [-0.3, -0.25) is 9.59 Å². The second kappa shape index (κ2) is 8.73. The van der Waals surface area contributed by atoms with Crippen LogP contribution in [-0.2, 0) is 4.79 Å². The zero-order chi connectivity index (χ0) is 21.1. The standard InChI is InChI=1S/C23H26FN3O3/c1-30-19-6-4-5-16(13-19)23(29)27-12-9-17(15-27)22(28)25-20-14-18(24)7-8-21(20)26-10-2-3-11-26/h4-8,13-14,17H,2-3,9-12,15H2,1H3,(H,25,28). The van der Waals surface area contributed by atoms with Gasteiger partial charge in [-0.25, -0.2) is 4.39 Å². The summed E-state index contributed by atoms with van der Waals surface area (Å²) < 4.78 is 19.0. The number of carbonyl (C=O) groups is 2. The largest absolute Gasteiger partial charge is 0.497 e. The van der Waals surface area contributed by atoms with E-state index in [0.717, 1.165) is 31.6 Å². The van der Waals surface area contributed by atoms with Crippen molar-refractivity contribution in [3.8, 4) is 5.75 Å². The summed E-state index contributed by atoms with van der Waals surface area (Å²) in [7, 11) is 1.56. The minimum absolute atomic E-state index is 0.118. The van der Waals surface area contributed by atoms with Gasteiger partial charge >= 0.3 is 0 Å². The SMILES string of the molecule is COc1cccc(C(=O)N2CCC(C(=O)Nc3cc(F)ccc3N3CCCC3)C2)c1. The molecule has 0 radical (unpaired) electrons. The Kier molecular flexibility index (Phi) is 5.88. The summed E-state index contributed by atoms with van der Waals surface area (Å²) in [4.78, 5) is 29.5. The number of hydrogen-bond acceptors (Lipinski definition) is 4. The van der Waals surface area contributed by atoms with Gasteiger partial charge in [0.15, 0.2) is 0 Å². The van der Waals surface area contributed by atoms with Crippen LogP contribution in [0, 0.1) is 11.7 Å². The normalized spacial score (nSPS) is 18.5. The molecular formula is C23H26FN3O3. The molecule has 2 aliphatic heterocycles. The number of methoxy groups -OCH3 is 1. The quantitative estimate of drug-likeness (QED) is 0.818. The van der Waals surface area contributed by atoms with Gasteiger partial charge in [0.2, 0.25) is 5.91 Å². The Bertz CT molecular complexity index is 943. The molecule has 30 heavy (non-hydrogen) atoms. The highest BCUT2D eigenvalue weighted by atomic mass is 19.1. The molecule has 2 heterocycles. The summed E-state index contributed by atoms with van der Waals surface area (Å²) >= 11 is 0. The van der Waals surface area contributed by atoms with E-state index in [1.165, 1.54) is 12.1 Å². The first-order valence-electron chi connectivity index (χ1n) is 10.3. The second-order valence-electron chi connectivity index (χ2n) is 7.81. The van der Waals surface area contributed by atoms with Gasteiger partial charge in [-0.05, 0) is 55.7 Å². The van der Waals surface area contributed by atoms with Gasteiger partial charge in [-0.1, -0.05) is 6.07 Å². The number of rotatable bonds is 5. The third-order valence-electron chi connectivity index (χ3n) is 5.83. The van der Waals surface area contributed by atoms with Crippen LogP contribution in [0.5, 0.6) is 5.75 Å². The smallest absolute Gasteiger partial charge is 0.254 e. The van der Waals surface area contributed by atoms with Crippen molar-refractivity contribution < 1.29 is 18.7 Å². The lowest BCUT2D eigenvalue weighted by molar-refractivity contribution is -0.119. The predicted molar refractivity (Wildman–Crippen MR) is 113 cm³/mol. The average Bonchev–Trinajstić information content (AvgIpc) is 3.46. The fraction of sp³-hybridized carbons (Fsp3) is 0.391. The number of nitrogens with zero attached hydrogens (tertiary/aromatic N) is 2. The van der Waals surface area contributed by atoms with Gasteiger partial charge in [0, 0.05) is 31.7 Å². The Balaban J connectivity index is 1.43. The molecule has 4 rings (SSSR count). The first-order valence-corrected chi connectivity index (χ1v) is 10.3. The van der Waals surface area contributed by atoms with Crippen molar-refractivity contribution in [3.05, 3.63) is 53.8 Å². The van der Waals surface area contributed by atoms with Gasteiger partial charge in [-0.15, -0.1) is 0 Å². The topological polar surface area (TPSA) is 61.9 Å². The Morgan fingerprint density at radius 3 is 2.67 bits per heavy atom. The summed E-state index contributed by atoms with van der Waals surface area (Å²) in [5.74, 6) is -0.381. The highest BCUT2D eigenvalue weighted by Gasteiger charge is 2.32. The van der Waals surface area contributed by atoms with Crippen molar-refractivity contribution >= 4 is 23.2 Å². The maximum Gasteiger partial charge on any atom is 0.254 e. The number of nitrogens with one attached hydrogen (secondary N) is 1. The molecule has 1 N–H and O–H groups in total. The molecule has 2 aliphatic rings. The minimum atomic E-state index is -0.380. The monoisotopic (exact) mass is 411 g/mol. The highest BCUT2D eigenvalue weighted by Crippen LogP contribution is 2.31. The van der Waals surface area contributed by atoms with Crippen molar-refractivity contribution in [3.63, 3.8) is 0 Å². The third kappa shape index (κ3) is 4.25. The number of benzene rings is 2. The van der Waals surface area contributed by atoms with Gasteiger partial charge in [0.25, 0.3) is 5.91 Å². The Hall–Kier alpha value is -3.09. The zero-order valence-electron chi connectivity index (χ0n) is 17.1. The molecule has 0 aromatic heterocycles. The fourth-order valence-corrected chi connectivity index (χ4v) is 4.17. The van der Waals surface area contributed by atoms with Crippen LogP contribution in [0.4, 0.5) is 15.8 Å². The van der Waals surface area contributed by atoms with E-state index < -0.39 is 0 Å². The van der Waals surface area contributed by atoms with E-state index in [9.17, 15) is 14.0 Å². The molecule has 158 valence electrons. The number of likely N-dealkylation sites (tertiary alicyclic amines) is 1. The second-order valence-corrected chi connectivity index (χ2v) is 7.81. The molecular weight excluding hydrogens is 385 g/mol. The number of ether oxygens (including phenoxy) is 1. The average molecular weight is 411 g/mol. The number of amides is 2. The maximum absolute atomic E-state index is 13.8. The van der Waals surface area contributed by atoms with Crippen LogP contribution in [0.2, 0.25) is 0 Å². The van der Waals surface area contributed by atoms with Crippen LogP contribution < -0.4 is 15.0 Å². The van der Waals surface area contributed by atoms with E-state index in [1.54, 1.807) is 42.3 Å². The predicted octanol–water partition coefficient (Wildman–Crippen LogP) is 3.54. The molecule has 2 aromatic rings. The summed E-state index contributed by atoms with van der Waals surface area (Å²) in [5.41, 5.74) is 1.89. The molecule has 2 saturated heterocycles. The molecule has 2 fully saturated rings. The van der Waals surface area contributed by atoms with E-state index in [4.69, 9.17) is 4.74 Å². The Morgan fingerprint density at radius 2 is 1.90 bits per heavy atom. The van der Waals surface area contributed by atoms with Crippen molar-refractivity contribution in [1.29, 1.82) is 0 Å². The molecule has 0 spiro atoms. The molecule has 0 aliphatic carbocycles. The van der Waals surface area contributed by atoms with E-state index >= 15 is 0 Å². The van der Waals surface area contributed by atoms with E-state index in [-0.39, 0.29) is 23.5 Å². The summed E-state index contributed by atoms with van der Waals surface area (Å²) in [6.45, 7) is 2.66. The molecule has 2 aromatic carbocycles. The van der Waals surface area contributed by atoms with E-state index in [1.807, 2.05) is 0 Å². The molecule has 6 nitrogen and oxygen atoms in total. The van der Waals surface area contributed by atoms with Crippen LogP contribution in [-0.4, -0.2) is 50.0 Å². The number of halogens is 1. The van der Waals surface area contributed by atoms with Gasteiger partial charge in [0.05, 0.1) is 24.4 Å². The third-order valence-corrected chi connectivity index (χ3v) is 5.83. The van der Waals surface area contributed by atoms with Crippen LogP contribution >= 0.6 is 0 Å². The lowest BCUT2D eigenvalue weighted by atomic mass is 10.1. The van der Waals surface area contributed by atoms with Crippen LogP contribution in [0.25, 0.3) is 0 Å². The van der Waals surface area contributed by atoms with Gasteiger partial charge in [0.1, 0.15) is 11.6 Å². The fourth-order valence-electron chi connectivity index (χ4n) is 4.17. The van der Waals surface area contributed by atoms with Crippen LogP contribution in [0.1, 0.15) is 29.6 Å². The van der Waals surface area contributed by atoms with E-state index in [0.29, 0.717) is 36.5 Å². The molecule has 0 saturated carbocycles. The Morgan fingerprint density at radius 1 is 1.10 bits per heavy atom. The van der Waals surface area contributed by atoms with E-state index in [2.05, 4.69) is 10.2 Å². The lowest BCUT2D eigenvalue weighted by Gasteiger charge is -2.22. The first-order chi connectivity index (χ1) is 14.5. The molecule has 7 heteroatoms. The van der Waals surface area contributed by atoms with Crippen LogP contribution in [0.3, 0.4) is 0 Å². The molecule has 2 amide bonds. The summed E-state index contributed by atoms with van der Waals surface area (Å²) in [6, 6.07) is 11.5. The molecule has 1 atom stereocenters. The summed E-state index contributed by atoms with van der Waals surface area (Å²) in [6.07, 6.45) is 2.76. The van der Waals surface area contributed by atoms with Gasteiger partial charge < -0.3 is 19.9 Å². The number of anilines is 2. The molecule has 0 bridgehead atoms. The van der Waals surface area contributed by atoms with Crippen LogP contribution in [0.15, 0.2) is 42.5 Å². The van der Waals surface area contributed by atoms with Crippen molar-refractivity contribution in [2.45, 2.75) is 19.3 Å². The number of carbonyl (C=O) groups excluding carboxylic acids is 2. The minimum Gasteiger partial charge on any atom is -0.497 e. The molecule has 1 unspecified atom stereocenters. The maximum atomic E-state index is 13.8. The first kappa shape index (κ1) is 20.2. The van der Waals surface area contributed by atoms with Gasteiger partial charge in [-0.2, -0.15) is 0 Å². The zero-order valence-corrected chi connectivity index (χ0v) is 17.1. The highest BCUT2D eigenvalue weighted by molar-refractivity contribution is 5.98. The Labute approximate surface area is 175 Å². The van der Waals surface area contributed by atoms with Crippen molar-refractivity contribution in [2.75, 3.05) is 43.5 Å².